The summed E-state index contributed by atoms with van der Waals surface area (Å²) in [6.45, 7) is 1.92. The summed E-state index contributed by atoms with van der Waals surface area (Å²) < 4.78 is 10.7. The molecular formula is C14H13ClO3. The van der Waals surface area contributed by atoms with Crippen molar-refractivity contribution in [3.8, 4) is 5.75 Å². The predicted octanol–water partition coefficient (Wildman–Crippen LogP) is 3.65. The van der Waals surface area contributed by atoms with Gasteiger partial charge in [-0.2, -0.15) is 0 Å². The lowest BCUT2D eigenvalue weighted by Gasteiger charge is -2.09. The summed E-state index contributed by atoms with van der Waals surface area (Å²) in [6.07, 6.45) is 1.22. The predicted molar refractivity (Wildman–Crippen MR) is 69.6 cm³/mol. The molecule has 0 saturated heterocycles. The van der Waals surface area contributed by atoms with Crippen molar-refractivity contribution in [2.24, 2.45) is 0 Å². The van der Waals surface area contributed by atoms with Crippen molar-refractivity contribution in [1.29, 1.82) is 0 Å². The number of carbonyl (C=O) groups is 1. The van der Waals surface area contributed by atoms with E-state index in [4.69, 9.17) is 20.8 Å². The molecule has 0 unspecified atom stereocenters. The highest BCUT2D eigenvalue weighted by molar-refractivity contribution is 6.31. The van der Waals surface area contributed by atoms with E-state index in [2.05, 4.69) is 0 Å². The van der Waals surface area contributed by atoms with Crippen molar-refractivity contribution in [3.63, 3.8) is 0 Å². The van der Waals surface area contributed by atoms with Gasteiger partial charge in [-0.1, -0.05) is 11.6 Å². The monoisotopic (exact) mass is 264 g/mol. The van der Waals surface area contributed by atoms with Gasteiger partial charge in [-0.25, -0.2) is 0 Å². The van der Waals surface area contributed by atoms with E-state index in [1.54, 1.807) is 19.2 Å². The van der Waals surface area contributed by atoms with Gasteiger partial charge in [-0.15, -0.1) is 0 Å². The van der Waals surface area contributed by atoms with Crippen LogP contribution in [0.25, 0.3) is 0 Å². The number of rotatable bonds is 4. The van der Waals surface area contributed by atoms with Crippen molar-refractivity contribution in [3.05, 3.63) is 51.9 Å². The zero-order valence-corrected chi connectivity index (χ0v) is 11.0. The van der Waals surface area contributed by atoms with Gasteiger partial charge in [-0.05, 0) is 36.8 Å². The lowest BCUT2D eigenvalue weighted by atomic mass is 10.1. The number of ether oxygens (including phenoxy) is 1. The Morgan fingerprint density at radius 2 is 2.17 bits per heavy atom. The van der Waals surface area contributed by atoms with E-state index >= 15 is 0 Å². The second kappa shape index (κ2) is 5.27. The van der Waals surface area contributed by atoms with Crippen molar-refractivity contribution < 1.29 is 13.9 Å². The molecule has 0 radical (unpaired) electrons. The van der Waals surface area contributed by atoms with Crippen LogP contribution in [0.4, 0.5) is 0 Å². The summed E-state index contributed by atoms with van der Waals surface area (Å²) >= 11 is 6.10. The molecule has 0 bridgehead atoms. The van der Waals surface area contributed by atoms with Gasteiger partial charge in [0.05, 0.1) is 7.11 Å². The molecule has 0 saturated carbocycles. The molecular weight excluding hydrogens is 252 g/mol. The van der Waals surface area contributed by atoms with E-state index in [9.17, 15) is 4.79 Å². The number of methoxy groups -OCH3 is 1. The lowest BCUT2D eigenvalue weighted by molar-refractivity contribution is 0.109. The quantitative estimate of drug-likeness (QED) is 0.791. The van der Waals surface area contributed by atoms with E-state index < -0.39 is 0 Å². The number of aryl methyl sites for hydroxylation is 1. The van der Waals surface area contributed by atoms with Gasteiger partial charge in [0.1, 0.15) is 11.5 Å². The zero-order chi connectivity index (χ0) is 13.1. The lowest BCUT2D eigenvalue weighted by Crippen LogP contribution is -1.94. The average Bonchev–Trinajstić information content (AvgIpc) is 2.81. The Kier molecular flexibility index (Phi) is 3.72. The van der Waals surface area contributed by atoms with Gasteiger partial charge in [0.15, 0.2) is 12.0 Å². The van der Waals surface area contributed by atoms with Gasteiger partial charge < -0.3 is 9.15 Å². The van der Waals surface area contributed by atoms with Crippen LogP contribution in [0.1, 0.15) is 27.4 Å². The minimum absolute atomic E-state index is 0.321. The molecule has 2 aromatic rings. The van der Waals surface area contributed by atoms with Crippen LogP contribution < -0.4 is 4.74 Å². The molecule has 18 heavy (non-hydrogen) atoms. The second-order valence-electron chi connectivity index (χ2n) is 4.01. The first-order valence-corrected chi connectivity index (χ1v) is 5.88. The summed E-state index contributed by atoms with van der Waals surface area (Å²) in [6, 6.07) is 7.17. The Balaban J connectivity index is 2.32. The van der Waals surface area contributed by atoms with E-state index in [-0.39, 0.29) is 0 Å². The zero-order valence-electron chi connectivity index (χ0n) is 10.2. The molecule has 4 heteroatoms. The first kappa shape index (κ1) is 12.7. The van der Waals surface area contributed by atoms with Crippen LogP contribution in [0.15, 0.2) is 28.7 Å². The molecule has 2 rings (SSSR count). The fourth-order valence-corrected chi connectivity index (χ4v) is 1.95. The number of furan rings is 1. The van der Waals surface area contributed by atoms with Gasteiger partial charge in [0, 0.05) is 17.0 Å². The third-order valence-corrected chi connectivity index (χ3v) is 3.13. The molecule has 0 spiro atoms. The fourth-order valence-electron chi connectivity index (χ4n) is 1.76. The minimum Gasteiger partial charge on any atom is -0.496 e. The standard InChI is InChI=1S/C14H13ClO3/c1-9-5-14(17-2)10(7-13(9)15)6-11-3-4-12(8-16)18-11/h3-5,7-8H,6H2,1-2H3. The number of aldehydes is 1. The van der Waals surface area contributed by atoms with Crippen LogP contribution in [-0.4, -0.2) is 13.4 Å². The molecule has 1 heterocycles. The van der Waals surface area contributed by atoms with Gasteiger partial charge >= 0.3 is 0 Å². The average molecular weight is 265 g/mol. The fraction of sp³-hybridized carbons (Fsp3) is 0.214. The number of benzene rings is 1. The Hall–Kier alpha value is -1.74. The summed E-state index contributed by atoms with van der Waals surface area (Å²) in [5.74, 6) is 1.79. The molecule has 0 N–H and O–H groups in total. The SMILES string of the molecule is COc1cc(C)c(Cl)cc1Cc1ccc(C=O)o1. The smallest absolute Gasteiger partial charge is 0.185 e. The van der Waals surface area contributed by atoms with Crippen molar-refractivity contribution in [2.75, 3.05) is 7.11 Å². The maximum absolute atomic E-state index is 10.6. The number of hydrogen-bond donors (Lipinski definition) is 0. The van der Waals surface area contributed by atoms with Crippen molar-refractivity contribution >= 4 is 17.9 Å². The minimum atomic E-state index is 0.321. The summed E-state index contributed by atoms with van der Waals surface area (Å²) in [5.41, 5.74) is 1.89. The van der Waals surface area contributed by atoms with E-state index in [1.165, 1.54) is 0 Å². The first-order valence-electron chi connectivity index (χ1n) is 5.51. The highest BCUT2D eigenvalue weighted by Crippen LogP contribution is 2.28. The van der Waals surface area contributed by atoms with Crippen LogP contribution >= 0.6 is 11.6 Å². The van der Waals surface area contributed by atoms with Crippen molar-refractivity contribution in [2.45, 2.75) is 13.3 Å². The summed E-state index contributed by atoms with van der Waals surface area (Å²) in [5, 5.41) is 0.688. The van der Waals surface area contributed by atoms with Crippen LogP contribution in [0.5, 0.6) is 5.75 Å². The highest BCUT2D eigenvalue weighted by Gasteiger charge is 2.10. The summed E-state index contributed by atoms with van der Waals surface area (Å²) in [7, 11) is 1.62. The van der Waals surface area contributed by atoms with Gasteiger partial charge in [0.25, 0.3) is 0 Å². The molecule has 0 aliphatic carbocycles. The van der Waals surface area contributed by atoms with Crippen LogP contribution in [0.2, 0.25) is 5.02 Å². The number of carbonyl (C=O) groups excluding carboxylic acids is 1. The van der Waals surface area contributed by atoms with E-state index in [0.717, 1.165) is 16.9 Å². The first-order chi connectivity index (χ1) is 8.63. The molecule has 1 aromatic heterocycles. The van der Waals surface area contributed by atoms with Gasteiger partial charge in [-0.3, -0.25) is 4.79 Å². The highest BCUT2D eigenvalue weighted by atomic mass is 35.5. The van der Waals surface area contributed by atoms with Crippen molar-refractivity contribution in [1.82, 2.24) is 0 Å². The normalized spacial score (nSPS) is 10.4. The third-order valence-electron chi connectivity index (χ3n) is 2.72. The molecule has 94 valence electrons. The molecule has 0 aliphatic heterocycles. The molecule has 0 amide bonds. The second-order valence-corrected chi connectivity index (χ2v) is 4.42. The topological polar surface area (TPSA) is 39.4 Å². The molecule has 3 nitrogen and oxygen atoms in total. The van der Waals surface area contributed by atoms with Crippen LogP contribution in [0.3, 0.4) is 0 Å². The third kappa shape index (κ3) is 2.57. The van der Waals surface area contributed by atoms with Gasteiger partial charge in [0.2, 0.25) is 0 Å². The van der Waals surface area contributed by atoms with Crippen LogP contribution in [0, 0.1) is 6.92 Å². The Bertz CT molecular complexity index is 572. The number of hydrogen-bond acceptors (Lipinski definition) is 3. The Morgan fingerprint density at radius 3 is 2.78 bits per heavy atom. The Labute approximate surface area is 110 Å². The summed E-state index contributed by atoms with van der Waals surface area (Å²) in [4.78, 5) is 10.6. The van der Waals surface area contributed by atoms with Crippen LogP contribution in [-0.2, 0) is 6.42 Å². The maximum atomic E-state index is 10.6. The maximum Gasteiger partial charge on any atom is 0.185 e. The molecule has 0 fully saturated rings. The van der Waals surface area contributed by atoms with E-state index in [0.29, 0.717) is 29.3 Å². The number of halogens is 1. The molecule has 0 aliphatic rings. The largest absolute Gasteiger partial charge is 0.496 e. The van der Waals surface area contributed by atoms with E-state index in [1.807, 2.05) is 19.1 Å². The Morgan fingerprint density at radius 1 is 1.39 bits per heavy atom. The molecule has 1 aromatic carbocycles. The molecule has 0 atom stereocenters.